The average molecular weight is 393 g/mol. The SMILES string of the molecule is O=C(/C=C/c1cccc(OCC(=O)NC2CCCCC2)c1)NCc1cccnc1. The molecule has 29 heavy (non-hydrogen) atoms. The minimum atomic E-state index is -0.188. The van der Waals surface area contributed by atoms with E-state index in [9.17, 15) is 9.59 Å². The molecule has 152 valence electrons. The van der Waals surface area contributed by atoms with Gasteiger partial charge in [-0.1, -0.05) is 37.5 Å². The lowest BCUT2D eigenvalue weighted by molar-refractivity contribution is -0.124. The Balaban J connectivity index is 1.44. The van der Waals surface area contributed by atoms with Crippen molar-refractivity contribution in [2.75, 3.05) is 6.61 Å². The van der Waals surface area contributed by atoms with Gasteiger partial charge in [-0.2, -0.15) is 0 Å². The van der Waals surface area contributed by atoms with Crippen molar-refractivity contribution in [3.8, 4) is 5.75 Å². The summed E-state index contributed by atoms with van der Waals surface area (Å²) in [5.74, 6) is 0.321. The topological polar surface area (TPSA) is 80.3 Å². The molecule has 0 radical (unpaired) electrons. The number of carbonyl (C=O) groups excluding carboxylic acids is 2. The maximum atomic E-state index is 12.1. The van der Waals surface area contributed by atoms with Crippen LogP contribution in [0.3, 0.4) is 0 Å². The van der Waals surface area contributed by atoms with Crippen molar-refractivity contribution in [3.05, 3.63) is 66.0 Å². The molecule has 2 aromatic rings. The second kappa shape index (κ2) is 11.0. The lowest BCUT2D eigenvalue weighted by Gasteiger charge is -2.22. The third-order valence-electron chi connectivity index (χ3n) is 4.81. The van der Waals surface area contributed by atoms with Crippen LogP contribution < -0.4 is 15.4 Å². The largest absolute Gasteiger partial charge is 0.484 e. The molecule has 1 aliphatic rings. The fraction of sp³-hybridized carbons (Fsp3) is 0.348. The molecule has 2 N–H and O–H groups in total. The summed E-state index contributed by atoms with van der Waals surface area (Å²) in [7, 11) is 0. The minimum Gasteiger partial charge on any atom is -0.484 e. The molecular formula is C23H27N3O3. The summed E-state index contributed by atoms with van der Waals surface area (Å²) in [6, 6.07) is 11.3. The molecule has 0 bridgehead atoms. The summed E-state index contributed by atoms with van der Waals surface area (Å²) in [5, 5.41) is 5.85. The normalized spacial score (nSPS) is 14.5. The number of pyridine rings is 1. The maximum absolute atomic E-state index is 12.1. The zero-order chi connectivity index (χ0) is 20.3. The maximum Gasteiger partial charge on any atom is 0.258 e. The van der Waals surface area contributed by atoms with E-state index in [-0.39, 0.29) is 24.5 Å². The third-order valence-corrected chi connectivity index (χ3v) is 4.81. The van der Waals surface area contributed by atoms with E-state index in [0.29, 0.717) is 12.3 Å². The fourth-order valence-electron chi connectivity index (χ4n) is 3.30. The second-order valence-electron chi connectivity index (χ2n) is 7.18. The van der Waals surface area contributed by atoms with Crippen LogP contribution in [0.2, 0.25) is 0 Å². The van der Waals surface area contributed by atoms with Crippen molar-refractivity contribution in [2.45, 2.75) is 44.7 Å². The van der Waals surface area contributed by atoms with E-state index in [1.165, 1.54) is 25.3 Å². The predicted octanol–water partition coefficient (Wildman–Crippen LogP) is 3.24. The number of hydrogen-bond acceptors (Lipinski definition) is 4. The van der Waals surface area contributed by atoms with Crippen molar-refractivity contribution >= 4 is 17.9 Å². The molecule has 1 aliphatic carbocycles. The van der Waals surface area contributed by atoms with Crippen LogP contribution in [0.1, 0.15) is 43.2 Å². The minimum absolute atomic E-state index is 0.00470. The van der Waals surface area contributed by atoms with Gasteiger partial charge in [0.25, 0.3) is 5.91 Å². The van der Waals surface area contributed by atoms with Gasteiger partial charge in [-0.25, -0.2) is 0 Å². The number of nitrogens with one attached hydrogen (secondary N) is 2. The smallest absolute Gasteiger partial charge is 0.258 e. The van der Waals surface area contributed by atoms with Crippen LogP contribution in [-0.4, -0.2) is 29.4 Å². The van der Waals surface area contributed by atoms with Gasteiger partial charge >= 0.3 is 0 Å². The van der Waals surface area contributed by atoms with Crippen molar-refractivity contribution in [2.24, 2.45) is 0 Å². The van der Waals surface area contributed by atoms with Gasteiger partial charge in [0.05, 0.1) is 0 Å². The first kappa shape index (κ1) is 20.6. The summed E-state index contributed by atoms with van der Waals surface area (Å²) in [6.45, 7) is 0.422. The van der Waals surface area contributed by atoms with Crippen molar-refractivity contribution in [1.82, 2.24) is 15.6 Å². The quantitative estimate of drug-likeness (QED) is 0.675. The number of rotatable bonds is 8. The second-order valence-corrected chi connectivity index (χ2v) is 7.18. The van der Waals surface area contributed by atoms with E-state index >= 15 is 0 Å². The Labute approximate surface area is 171 Å². The molecule has 0 unspecified atom stereocenters. The van der Waals surface area contributed by atoms with E-state index in [1.807, 2.05) is 24.3 Å². The van der Waals surface area contributed by atoms with Gasteiger partial charge < -0.3 is 15.4 Å². The average Bonchev–Trinajstić information content (AvgIpc) is 2.76. The van der Waals surface area contributed by atoms with Gasteiger partial charge in [0.2, 0.25) is 5.91 Å². The van der Waals surface area contributed by atoms with Crippen LogP contribution in [0.25, 0.3) is 6.08 Å². The van der Waals surface area contributed by atoms with Crippen LogP contribution in [0.5, 0.6) is 5.75 Å². The molecule has 1 saturated carbocycles. The third kappa shape index (κ3) is 7.41. The monoisotopic (exact) mass is 393 g/mol. The highest BCUT2D eigenvalue weighted by Gasteiger charge is 2.15. The van der Waals surface area contributed by atoms with E-state index in [4.69, 9.17) is 4.74 Å². The van der Waals surface area contributed by atoms with Crippen LogP contribution in [-0.2, 0) is 16.1 Å². The molecule has 0 aliphatic heterocycles. The molecule has 0 spiro atoms. The molecule has 1 heterocycles. The van der Waals surface area contributed by atoms with Gasteiger partial charge in [0, 0.05) is 31.1 Å². The molecule has 2 amide bonds. The molecule has 6 heteroatoms. The molecule has 6 nitrogen and oxygen atoms in total. The van der Waals surface area contributed by atoms with Crippen molar-refractivity contribution in [1.29, 1.82) is 0 Å². The predicted molar refractivity (Wildman–Crippen MR) is 112 cm³/mol. The van der Waals surface area contributed by atoms with E-state index < -0.39 is 0 Å². The molecule has 3 rings (SSSR count). The number of carbonyl (C=O) groups is 2. The number of ether oxygens (including phenoxy) is 1. The van der Waals surface area contributed by atoms with Gasteiger partial charge in [-0.3, -0.25) is 14.6 Å². The highest BCUT2D eigenvalue weighted by molar-refractivity contribution is 5.91. The molecule has 1 fully saturated rings. The summed E-state index contributed by atoms with van der Waals surface area (Å²) in [4.78, 5) is 28.1. The molecule has 0 saturated heterocycles. The Hall–Kier alpha value is -3.15. The molecule has 1 aromatic heterocycles. The number of benzene rings is 1. The first-order valence-electron chi connectivity index (χ1n) is 10.1. The van der Waals surface area contributed by atoms with E-state index in [1.54, 1.807) is 30.6 Å². The van der Waals surface area contributed by atoms with Gasteiger partial charge in [-0.05, 0) is 48.2 Å². The Kier molecular flexibility index (Phi) is 7.81. The molecule has 1 aromatic carbocycles. The summed E-state index contributed by atoms with van der Waals surface area (Å²) >= 11 is 0. The number of aromatic nitrogens is 1. The highest BCUT2D eigenvalue weighted by Crippen LogP contribution is 2.18. The lowest BCUT2D eigenvalue weighted by Crippen LogP contribution is -2.38. The number of amides is 2. The first-order chi connectivity index (χ1) is 14.2. The van der Waals surface area contributed by atoms with Crippen molar-refractivity contribution < 1.29 is 14.3 Å². The molecule has 0 atom stereocenters. The zero-order valence-corrected chi connectivity index (χ0v) is 16.5. The number of nitrogens with zero attached hydrogens (tertiary/aromatic N) is 1. The summed E-state index contributed by atoms with van der Waals surface area (Å²) in [5.41, 5.74) is 1.77. The van der Waals surface area contributed by atoms with Gasteiger partial charge in [0.1, 0.15) is 5.75 Å². The Morgan fingerprint density at radius 3 is 2.79 bits per heavy atom. The standard InChI is InChI=1S/C23H27N3O3/c27-22(25-16-19-7-5-13-24-15-19)12-11-18-6-4-10-21(14-18)29-17-23(28)26-20-8-2-1-3-9-20/h4-7,10-15,20H,1-3,8-9,16-17H2,(H,25,27)(H,26,28)/b12-11+. The molecular weight excluding hydrogens is 366 g/mol. The van der Waals surface area contributed by atoms with E-state index in [2.05, 4.69) is 15.6 Å². The van der Waals surface area contributed by atoms with Crippen LogP contribution in [0, 0.1) is 0 Å². The van der Waals surface area contributed by atoms with Gasteiger partial charge in [-0.15, -0.1) is 0 Å². The number of hydrogen-bond donors (Lipinski definition) is 2. The van der Waals surface area contributed by atoms with Gasteiger partial charge in [0.15, 0.2) is 6.61 Å². The highest BCUT2D eigenvalue weighted by atomic mass is 16.5. The summed E-state index contributed by atoms with van der Waals surface area (Å²) in [6.07, 6.45) is 12.3. The zero-order valence-electron chi connectivity index (χ0n) is 16.5. The van der Waals surface area contributed by atoms with Crippen LogP contribution in [0.4, 0.5) is 0 Å². The van der Waals surface area contributed by atoms with Crippen LogP contribution >= 0.6 is 0 Å². The summed E-state index contributed by atoms with van der Waals surface area (Å²) < 4.78 is 5.61. The first-order valence-corrected chi connectivity index (χ1v) is 10.1. The Bertz CT molecular complexity index is 830. The fourth-order valence-corrected chi connectivity index (χ4v) is 3.30. The van der Waals surface area contributed by atoms with Crippen LogP contribution in [0.15, 0.2) is 54.9 Å². The Morgan fingerprint density at radius 2 is 2.00 bits per heavy atom. The Morgan fingerprint density at radius 1 is 1.14 bits per heavy atom. The van der Waals surface area contributed by atoms with Crippen molar-refractivity contribution in [3.63, 3.8) is 0 Å². The van der Waals surface area contributed by atoms with E-state index in [0.717, 1.165) is 24.0 Å². The lowest BCUT2D eigenvalue weighted by atomic mass is 9.95.